The van der Waals surface area contributed by atoms with Gasteiger partial charge in [0.2, 0.25) is 0 Å². The van der Waals surface area contributed by atoms with Crippen LogP contribution in [0.5, 0.6) is 0 Å². The summed E-state index contributed by atoms with van der Waals surface area (Å²) >= 11 is 0. The molecule has 69 heavy (non-hydrogen) atoms. The van der Waals surface area contributed by atoms with Crippen LogP contribution < -0.4 is 4.90 Å². The van der Waals surface area contributed by atoms with Gasteiger partial charge in [-0.15, -0.1) is 0 Å². The van der Waals surface area contributed by atoms with Crippen molar-refractivity contribution >= 4 is 27.8 Å². The van der Waals surface area contributed by atoms with Gasteiger partial charge in [0.15, 0.2) is 0 Å². The number of hydrogen-bond donors (Lipinski definition) is 0. The zero-order valence-corrected chi connectivity index (χ0v) is 38.6. The van der Waals surface area contributed by atoms with Gasteiger partial charge in [0, 0.05) is 22.1 Å². The van der Waals surface area contributed by atoms with Crippen molar-refractivity contribution in [1.82, 2.24) is 0 Å². The van der Waals surface area contributed by atoms with Crippen LogP contribution in [0.25, 0.3) is 77.5 Å². The second-order valence-electron chi connectivity index (χ2n) is 19.5. The predicted molar refractivity (Wildman–Crippen MR) is 289 cm³/mol. The minimum atomic E-state index is -0.487. The third-order valence-corrected chi connectivity index (χ3v) is 15.7. The maximum absolute atomic E-state index is 2.57. The summed E-state index contributed by atoms with van der Waals surface area (Å²) in [4.78, 5) is 2.57. The van der Waals surface area contributed by atoms with E-state index >= 15 is 0 Å². The Morgan fingerprint density at radius 2 is 0.739 bits per heavy atom. The summed E-state index contributed by atoms with van der Waals surface area (Å²) in [7, 11) is 0. The highest BCUT2D eigenvalue weighted by molar-refractivity contribution is 6.10. The summed E-state index contributed by atoms with van der Waals surface area (Å²) in [5.74, 6) is 0. The Labute approximate surface area is 404 Å². The molecule has 1 heteroatoms. The van der Waals surface area contributed by atoms with E-state index in [0.29, 0.717) is 0 Å². The molecule has 11 aromatic carbocycles. The van der Waals surface area contributed by atoms with E-state index in [9.17, 15) is 0 Å². The molecule has 0 aliphatic heterocycles. The zero-order valence-electron chi connectivity index (χ0n) is 38.6. The zero-order chi connectivity index (χ0) is 45.8. The smallest absolute Gasteiger partial charge is 0.0726 e. The maximum Gasteiger partial charge on any atom is 0.0726 e. The van der Waals surface area contributed by atoms with Crippen molar-refractivity contribution < 1.29 is 0 Å². The molecule has 0 atom stereocenters. The normalized spacial score (nSPS) is 13.9. The topological polar surface area (TPSA) is 3.24 Å². The molecule has 324 valence electrons. The van der Waals surface area contributed by atoms with E-state index in [4.69, 9.17) is 0 Å². The van der Waals surface area contributed by atoms with Crippen molar-refractivity contribution in [3.8, 4) is 66.8 Å². The fraction of sp³-hybridized carbons (Fsp3) is 0.0588. The van der Waals surface area contributed by atoms with Gasteiger partial charge in [-0.05, 0) is 124 Å². The first-order valence-electron chi connectivity index (χ1n) is 24.3. The third kappa shape index (κ3) is 5.53. The SMILES string of the molecule is CC1(C)c2ccccc2-c2cccc(-c3ccc(N(c4ccc5c(c4)C4(c6ccccc6-c6ccccc64)c4ccccc4-5)c4cccc(-c5ccccc5)c4-c4ccccc4)c4ccccc34)c21. The van der Waals surface area contributed by atoms with Crippen LogP contribution in [0.4, 0.5) is 17.1 Å². The first-order chi connectivity index (χ1) is 34.0. The summed E-state index contributed by atoms with van der Waals surface area (Å²) in [6.07, 6.45) is 0. The van der Waals surface area contributed by atoms with Crippen molar-refractivity contribution in [3.05, 3.63) is 282 Å². The van der Waals surface area contributed by atoms with Crippen molar-refractivity contribution in [1.29, 1.82) is 0 Å². The number of nitrogens with zero attached hydrogens (tertiary/aromatic N) is 1. The van der Waals surface area contributed by atoms with E-state index in [1.165, 1.54) is 111 Å². The Morgan fingerprint density at radius 1 is 0.290 bits per heavy atom. The molecular formula is C68H47N. The second kappa shape index (κ2) is 15.0. The summed E-state index contributed by atoms with van der Waals surface area (Å²) in [5.41, 5.74) is 25.9. The molecule has 0 saturated heterocycles. The molecular weight excluding hydrogens is 831 g/mol. The molecule has 0 saturated carbocycles. The highest BCUT2D eigenvalue weighted by Crippen LogP contribution is 2.64. The highest BCUT2D eigenvalue weighted by atomic mass is 15.1. The maximum atomic E-state index is 2.57. The Morgan fingerprint density at radius 3 is 1.38 bits per heavy atom. The molecule has 14 rings (SSSR count). The van der Waals surface area contributed by atoms with Crippen LogP contribution in [-0.2, 0) is 10.8 Å². The average molecular weight is 878 g/mol. The van der Waals surface area contributed by atoms with Gasteiger partial charge in [-0.1, -0.05) is 238 Å². The third-order valence-electron chi connectivity index (χ3n) is 15.7. The van der Waals surface area contributed by atoms with Crippen LogP contribution in [0.2, 0.25) is 0 Å². The van der Waals surface area contributed by atoms with Gasteiger partial charge in [-0.3, -0.25) is 0 Å². The Hall–Kier alpha value is -8.52. The molecule has 0 unspecified atom stereocenters. The fourth-order valence-electron chi connectivity index (χ4n) is 12.9. The molecule has 0 fully saturated rings. The van der Waals surface area contributed by atoms with E-state index in [0.717, 1.165) is 17.1 Å². The summed E-state index contributed by atoms with van der Waals surface area (Å²) in [5, 5.41) is 2.42. The molecule has 0 heterocycles. The molecule has 0 bridgehead atoms. The molecule has 11 aromatic rings. The molecule has 3 aliphatic carbocycles. The lowest BCUT2D eigenvalue weighted by Crippen LogP contribution is -2.26. The van der Waals surface area contributed by atoms with Crippen LogP contribution in [0.15, 0.2) is 249 Å². The summed E-state index contributed by atoms with van der Waals surface area (Å²) in [6.45, 7) is 4.79. The van der Waals surface area contributed by atoms with E-state index < -0.39 is 5.41 Å². The quantitative estimate of drug-likeness (QED) is 0.161. The van der Waals surface area contributed by atoms with Gasteiger partial charge >= 0.3 is 0 Å². The van der Waals surface area contributed by atoms with Crippen molar-refractivity contribution in [2.45, 2.75) is 24.7 Å². The van der Waals surface area contributed by atoms with Gasteiger partial charge in [0.05, 0.1) is 16.8 Å². The lowest BCUT2D eigenvalue weighted by Gasteiger charge is -2.33. The molecule has 0 aromatic heterocycles. The largest absolute Gasteiger partial charge is 0.309 e. The van der Waals surface area contributed by atoms with Gasteiger partial charge in [0.25, 0.3) is 0 Å². The van der Waals surface area contributed by atoms with Crippen LogP contribution in [0, 0.1) is 0 Å². The van der Waals surface area contributed by atoms with Crippen LogP contribution in [0.3, 0.4) is 0 Å². The Kier molecular flexibility index (Phi) is 8.61. The highest BCUT2D eigenvalue weighted by Gasteiger charge is 2.51. The molecule has 0 amide bonds. The van der Waals surface area contributed by atoms with E-state index in [2.05, 4.69) is 267 Å². The van der Waals surface area contributed by atoms with Gasteiger partial charge in [-0.25, -0.2) is 0 Å². The van der Waals surface area contributed by atoms with Crippen molar-refractivity contribution in [2.75, 3.05) is 4.90 Å². The minimum Gasteiger partial charge on any atom is -0.309 e. The van der Waals surface area contributed by atoms with Gasteiger partial charge in [0.1, 0.15) is 0 Å². The van der Waals surface area contributed by atoms with E-state index in [-0.39, 0.29) is 5.41 Å². The molecule has 1 nitrogen and oxygen atoms in total. The lowest BCUT2D eigenvalue weighted by molar-refractivity contribution is 0.662. The number of benzene rings is 11. The van der Waals surface area contributed by atoms with Crippen molar-refractivity contribution in [3.63, 3.8) is 0 Å². The van der Waals surface area contributed by atoms with Crippen LogP contribution in [-0.4, -0.2) is 0 Å². The first kappa shape index (κ1) is 39.6. The monoisotopic (exact) mass is 877 g/mol. The van der Waals surface area contributed by atoms with Crippen LogP contribution in [0.1, 0.15) is 47.2 Å². The number of anilines is 3. The van der Waals surface area contributed by atoms with Crippen molar-refractivity contribution in [2.24, 2.45) is 0 Å². The van der Waals surface area contributed by atoms with E-state index in [1.54, 1.807) is 0 Å². The van der Waals surface area contributed by atoms with Gasteiger partial charge < -0.3 is 4.90 Å². The average Bonchev–Trinajstić information content (AvgIpc) is 3.97. The standard InChI is InChI=1S/C68H47N/c1-67(2)58-34-15-11-29-53(58)57-33-19-32-56(66(57)67)49-41-42-63(55-30-10-9-25-48(49)55)69(64-38-20-31-47(44-21-5-3-6-22-44)65(64)45-23-7-4-8-24-45)46-39-40-54-52-28-14-18-37-61(52)68(62(54)43-46)59-35-16-12-26-50(59)51-27-13-17-36-60(51)68/h3-43H,1-2H3. The molecule has 0 N–H and O–H groups in total. The molecule has 3 aliphatic rings. The summed E-state index contributed by atoms with van der Waals surface area (Å²) in [6, 6.07) is 93.1. The second-order valence-corrected chi connectivity index (χ2v) is 19.5. The van der Waals surface area contributed by atoms with Gasteiger partial charge in [-0.2, -0.15) is 0 Å². The Balaban J connectivity index is 1.07. The first-order valence-corrected chi connectivity index (χ1v) is 24.3. The molecule has 1 spiro atoms. The predicted octanol–water partition coefficient (Wildman–Crippen LogP) is 18.0. The number of rotatable bonds is 6. The van der Waals surface area contributed by atoms with E-state index in [1.807, 2.05) is 0 Å². The fourth-order valence-corrected chi connectivity index (χ4v) is 12.9. The summed E-state index contributed by atoms with van der Waals surface area (Å²) < 4.78 is 0. The number of fused-ring (bicyclic) bond motifs is 14. The lowest BCUT2D eigenvalue weighted by atomic mass is 9.70. The van der Waals surface area contributed by atoms with Crippen LogP contribution >= 0.6 is 0 Å². The number of hydrogen-bond acceptors (Lipinski definition) is 1. The molecule has 0 radical (unpaired) electrons. The Bertz CT molecular complexity index is 3810. The minimum absolute atomic E-state index is 0.160.